The molecule has 0 bridgehead atoms. The van der Waals surface area contributed by atoms with E-state index >= 15 is 0 Å². The topological polar surface area (TPSA) is 121 Å². The number of sulfonamides is 1. The Hall–Kier alpha value is -4.05. The summed E-state index contributed by atoms with van der Waals surface area (Å²) in [4.78, 5) is 31.8. The molecule has 0 spiro atoms. The Morgan fingerprint density at radius 3 is 2.52 bits per heavy atom. The molecule has 0 unspecified atom stereocenters. The molecule has 0 saturated carbocycles. The number of anilines is 1. The number of benzene rings is 2. The van der Waals surface area contributed by atoms with Crippen LogP contribution in [0.1, 0.15) is 29.0 Å². The molecule has 2 aromatic heterocycles. The number of halogens is 1. The van der Waals surface area contributed by atoms with Gasteiger partial charge in [-0.05, 0) is 61.5 Å². The largest absolute Gasteiger partial charge is 0.344 e. The van der Waals surface area contributed by atoms with Crippen molar-refractivity contribution in [1.29, 1.82) is 0 Å². The lowest BCUT2D eigenvalue weighted by atomic mass is 10.1. The van der Waals surface area contributed by atoms with Crippen molar-refractivity contribution >= 4 is 32.5 Å². The van der Waals surface area contributed by atoms with Gasteiger partial charge in [0.25, 0.3) is 15.9 Å². The average molecular weight is 466 g/mol. The fourth-order valence-corrected chi connectivity index (χ4v) is 4.38. The van der Waals surface area contributed by atoms with Crippen LogP contribution in [0, 0.1) is 5.82 Å². The predicted octanol–water partition coefficient (Wildman–Crippen LogP) is 3.35. The van der Waals surface area contributed by atoms with Crippen LogP contribution in [-0.4, -0.2) is 24.3 Å². The van der Waals surface area contributed by atoms with Crippen LogP contribution >= 0.6 is 0 Å². The molecule has 2 aromatic carbocycles. The standard InChI is InChI=1S/C23H19FN4O4S/c1-14(20-4-2-3-11-25-20)26-23(30)19-13-22(29)27-21-10-9-17(12-18(19)21)33(31,32)28-16-7-5-15(24)6-8-16/h2-14,28H,1H3,(H,26,30)(H,27,29)/t14-/m0/s1. The quantitative estimate of drug-likeness (QED) is 0.402. The first-order valence-corrected chi connectivity index (χ1v) is 11.4. The van der Waals surface area contributed by atoms with Gasteiger partial charge in [0.15, 0.2) is 0 Å². The smallest absolute Gasteiger partial charge is 0.261 e. The third kappa shape index (κ3) is 4.90. The number of aromatic amines is 1. The third-order valence-electron chi connectivity index (χ3n) is 4.94. The van der Waals surface area contributed by atoms with Gasteiger partial charge in [0.2, 0.25) is 5.56 Å². The number of nitrogens with one attached hydrogen (secondary N) is 3. The molecular formula is C23H19FN4O4S. The second-order valence-electron chi connectivity index (χ2n) is 7.32. The molecule has 3 N–H and O–H groups in total. The number of rotatable bonds is 6. The summed E-state index contributed by atoms with van der Waals surface area (Å²) in [5.74, 6) is -1.05. The van der Waals surface area contributed by atoms with Crippen molar-refractivity contribution < 1.29 is 17.6 Å². The average Bonchev–Trinajstić information content (AvgIpc) is 2.80. The van der Waals surface area contributed by atoms with Crippen molar-refractivity contribution in [2.24, 2.45) is 0 Å². The van der Waals surface area contributed by atoms with E-state index < -0.39 is 33.3 Å². The summed E-state index contributed by atoms with van der Waals surface area (Å²) in [5, 5.41) is 3.03. The number of pyridine rings is 2. The summed E-state index contributed by atoms with van der Waals surface area (Å²) in [6, 6.07) is 14.9. The molecule has 0 fully saturated rings. The van der Waals surface area contributed by atoms with Crippen molar-refractivity contribution in [2.75, 3.05) is 4.72 Å². The lowest BCUT2D eigenvalue weighted by Crippen LogP contribution is -2.28. The fourth-order valence-electron chi connectivity index (χ4n) is 3.30. The zero-order chi connectivity index (χ0) is 23.6. The number of hydrogen-bond acceptors (Lipinski definition) is 5. The summed E-state index contributed by atoms with van der Waals surface area (Å²) >= 11 is 0. The van der Waals surface area contributed by atoms with Crippen LogP contribution < -0.4 is 15.6 Å². The van der Waals surface area contributed by atoms with Crippen molar-refractivity contribution in [3.05, 3.63) is 100 Å². The van der Waals surface area contributed by atoms with Crippen LogP contribution in [0.25, 0.3) is 10.9 Å². The molecule has 4 rings (SSSR count). The SMILES string of the molecule is C[C@H](NC(=O)c1cc(=O)[nH]c2ccc(S(=O)(=O)Nc3ccc(F)cc3)cc12)c1ccccn1. The van der Waals surface area contributed by atoms with E-state index in [0.29, 0.717) is 11.2 Å². The number of hydrogen-bond donors (Lipinski definition) is 3. The monoisotopic (exact) mass is 466 g/mol. The van der Waals surface area contributed by atoms with Crippen molar-refractivity contribution in [2.45, 2.75) is 17.9 Å². The summed E-state index contributed by atoms with van der Waals surface area (Å²) in [7, 11) is -4.04. The van der Waals surface area contributed by atoms with Gasteiger partial charge in [0.1, 0.15) is 5.82 Å². The van der Waals surface area contributed by atoms with Gasteiger partial charge in [-0.3, -0.25) is 19.3 Å². The Morgan fingerprint density at radius 1 is 1.06 bits per heavy atom. The molecule has 0 saturated heterocycles. The Kier molecular flexibility index (Phi) is 5.93. The van der Waals surface area contributed by atoms with E-state index in [-0.39, 0.29) is 21.5 Å². The van der Waals surface area contributed by atoms with E-state index in [4.69, 9.17) is 0 Å². The van der Waals surface area contributed by atoms with E-state index in [0.717, 1.165) is 18.2 Å². The van der Waals surface area contributed by atoms with Gasteiger partial charge in [-0.15, -0.1) is 0 Å². The number of nitrogens with zero attached hydrogens (tertiary/aromatic N) is 1. The minimum Gasteiger partial charge on any atom is -0.344 e. The fraction of sp³-hybridized carbons (Fsp3) is 0.0870. The second-order valence-corrected chi connectivity index (χ2v) is 9.00. The molecule has 1 atom stereocenters. The molecule has 0 aliphatic rings. The van der Waals surface area contributed by atoms with E-state index in [2.05, 4.69) is 20.0 Å². The Bertz CT molecular complexity index is 1490. The molecule has 33 heavy (non-hydrogen) atoms. The van der Waals surface area contributed by atoms with Crippen molar-refractivity contribution in [1.82, 2.24) is 15.3 Å². The van der Waals surface area contributed by atoms with Gasteiger partial charge >= 0.3 is 0 Å². The maximum absolute atomic E-state index is 13.1. The van der Waals surface area contributed by atoms with Crippen LogP contribution in [0.3, 0.4) is 0 Å². The van der Waals surface area contributed by atoms with Gasteiger partial charge in [-0.2, -0.15) is 0 Å². The van der Waals surface area contributed by atoms with Crippen LogP contribution in [0.2, 0.25) is 0 Å². The maximum Gasteiger partial charge on any atom is 0.261 e. The number of carbonyl (C=O) groups excluding carboxylic acids is 1. The minimum atomic E-state index is -4.04. The lowest BCUT2D eigenvalue weighted by Gasteiger charge is -2.15. The second kappa shape index (κ2) is 8.83. The number of aromatic nitrogens is 2. The first-order chi connectivity index (χ1) is 15.7. The molecule has 168 valence electrons. The summed E-state index contributed by atoms with van der Waals surface area (Å²) in [6.07, 6.45) is 1.60. The molecule has 0 aliphatic carbocycles. The molecule has 8 nitrogen and oxygen atoms in total. The molecule has 2 heterocycles. The number of carbonyl (C=O) groups is 1. The predicted molar refractivity (Wildman–Crippen MR) is 122 cm³/mol. The number of H-pyrrole nitrogens is 1. The highest BCUT2D eigenvalue weighted by molar-refractivity contribution is 7.92. The van der Waals surface area contributed by atoms with E-state index in [1.807, 2.05) is 0 Å². The van der Waals surface area contributed by atoms with Gasteiger partial charge in [-0.25, -0.2) is 12.8 Å². The zero-order valence-corrected chi connectivity index (χ0v) is 18.2. The molecule has 1 amide bonds. The minimum absolute atomic E-state index is 0.0235. The normalized spacial score (nSPS) is 12.3. The Labute approximate surface area is 188 Å². The van der Waals surface area contributed by atoms with E-state index in [9.17, 15) is 22.4 Å². The van der Waals surface area contributed by atoms with Gasteiger partial charge in [0.05, 0.1) is 22.2 Å². The molecular weight excluding hydrogens is 447 g/mol. The van der Waals surface area contributed by atoms with Crippen LogP contribution in [0.5, 0.6) is 0 Å². The highest BCUT2D eigenvalue weighted by Crippen LogP contribution is 2.23. The maximum atomic E-state index is 13.1. The van der Waals surface area contributed by atoms with Crippen LogP contribution in [0.15, 0.2) is 82.6 Å². The van der Waals surface area contributed by atoms with Gasteiger partial charge in [0, 0.05) is 28.9 Å². The first-order valence-electron chi connectivity index (χ1n) is 9.90. The molecule has 4 aromatic rings. The highest BCUT2D eigenvalue weighted by atomic mass is 32.2. The molecule has 0 radical (unpaired) electrons. The van der Waals surface area contributed by atoms with Gasteiger partial charge in [-0.1, -0.05) is 6.07 Å². The zero-order valence-electron chi connectivity index (χ0n) is 17.4. The van der Waals surface area contributed by atoms with Crippen LogP contribution in [0.4, 0.5) is 10.1 Å². The molecule has 0 aliphatic heterocycles. The Balaban J connectivity index is 1.70. The van der Waals surface area contributed by atoms with Crippen molar-refractivity contribution in [3.8, 4) is 0 Å². The van der Waals surface area contributed by atoms with Gasteiger partial charge < -0.3 is 10.3 Å². The lowest BCUT2D eigenvalue weighted by molar-refractivity contribution is 0.0940. The van der Waals surface area contributed by atoms with E-state index in [1.54, 1.807) is 31.3 Å². The van der Waals surface area contributed by atoms with Crippen molar-refractivity contribution in [3.63, 3.8) is 0 Å². The first kappa shape index (κ1) is 22.2. The summed E-state index contributed by atoms with van der Waals surface area (Å²) in [5.41, 5.74) is 0.638. The number of fused-ring (bicyclic) bond motifs is 1. The molecule has 10 heteroatoms. The Morgan fingerprint density at radius 2 is 1.82 bits per heavy atom. The third-order valence-corrected chi connectivity index (χ3v) is 6.32. The highest BCUT2D eigenvalue weighted by Gasteiger charge is 2.20. The number of amides is 1. The summed E-state index contributed by atoms with van der Waals surface area (Å²) < 4.78 is 41.2. The van der Waals surface area contributed by atoms with E-state index in [1.165, 1.54) is 30.3 Å². The summed E-state index contributed by atoms with van der Waals surface area (Å²) in [6.45, 7) is 1.75. The van der Waals surface area contributed by atoms with Crippen LogP contribution in [-0.2, 0) is 10.0 Å².